The third-order valence-corrected chi connectivity index (χ3v) is 5.89. The van der Waals surface area contributed by atoms with E-state index in [0.29, 0.717) is 5.92 Å². The van der Waals surface area contributed by atoms with Crippen molar-refractivity contribution in [3.63, 3.8) is 0 Å². The van der Waals surface area contributed by atoms with Crippen molar-refractivity contribution in [2.75, 3.05) is 5.75 Å². The molecule has 1 aliphatic rings. The van der Waals surface area contributed by atoms with Crippen LogP contribution in [0.25, 0.3) is 0 Å². The van der Waals surface area contributed by atoms with Gasteiger partial charge in [-0.1, -0.05) is 25.2 Å². The van der Waals surface area contributed by atoms with Gasteiger partial charge >= 0.3 is 0 Å². The maximum absolute atomic E-state index is 5.39. The van der Waals surface area contributed by atoms with Gasteiger partial charge in [0.05, 0.1) is 9.89 Å². The summed E-state index contributed by atoms with van der Waals surface area (Å²) in [6, 6.07) is 6.03. The molecule has 1 aromatic heterocycles. The molecule has 1 aliphatic heterocycles. The molecule has 0 spiro atoms. The zero-order valence-electron chi connectivity index (χ0n) is 9.22. The van der Waals surface area contributed by atoms with Crippen molar-refractivity contribution < 1.29 is 0 Å². The number of rotatable bonds is 2. The van der Waals surface area contributed by atoms with E-state index in [-0.39, 0.29) is 4.75 Å². The van der Waals surface area contributed by atoms with Gasteiger partial charge in [-0.05, 0) is 36.6 Å². The van der Waals surface area contributed by atoms with Gasteiger partial charge in [0.2, 0.25) is 0 Å². The Morgan fingerprint density at radius 1 is 1.62 bits per heavy atom. The minimum absolute atomic E-state index is 0.169. The second kappa shape index (κ2) is 5.07. The van der Waals surface area contributed by atoms with E-state index in [1.807, 2.05) is 30.1 Å². The van der Waals surface area contributed by atoms with Crippen LogP contribution in [-0.4, -0.2) is 14.9 Å². The Morgan fingerprint density at radius 2 is 2.44 bits per heavy atom. The molecule has 4 heteroatoms. The predicted molar refractivity (Wildman–Crippen MR) is 78.4 cm³/mol. The van der Waals surface area contributed by atoms with E-state index in [1.54, 1.807) is 0 Å². The Balaban J connectivity index is 2.46. The van der Waals surface area contributed by atoms with Gasteiger partial charge in [-0.15, -0.1) is 24.4 Å². The number of aromatic nitrogens is 1. The molecule has 0 amide bonds. The Kier molecular flexibility index (Phi) is 3.93. The molecule has 1 aromatic rings. The minimum Gasteiger partial charge on any atom is -0.259 e. The molecule has 86 valence electrons. The van der Waals surface area contributed by atoms with Crippen molar-refractivity contribution >= 4 is 40.8 Å². The first-order valence-corrected chi connectivity index (χ1v) is 7.31. The van der Waals surface area contributed by atoms with Crippen LogP contribution in [0.15, 0.2) is 24.4 Å². The molecule has 0 aromatic carbocycles. The Bertz CT molecular complexity index is 379. The lowest BCUT2D eigenvalue weighted by molar-refractivity contribution is 0.448. The van der Waals surface area contributed by atoms with Crippen LogP contribution in [0.3, 0.4) is 0 Å². The highest BCUT2D eigenvalue weighted by atomic mass is 32.2. The van der Waals surface area contributed by atoms with Crippen LogP contribution in [0.4, 0.5) is 0 Å². The smallest absolute Gasteiger partial charge is 0.101 e. The molecular weight excluding hydrogens is 254 g/mol. The third-order valence-electron chi connectivity index (χ3n) is 3.17. The van der Waals surface area contributed by atoms with E-state index in [4.69, 9.17) is 12.2 Å². The van der Waals surface area contributed by atoms with E-state index < -0.39 is 0 Å². The molecule has 2 unspecified atom stereocenters. The fraction of sp³-hybridized carbons (Fsp3) is 0.500. The van der Waals surface area contributed by atoms with Gasteiger partial charge in [0.1, 0.15) is 4.75 Å². The van der Waals surface area contributed by atoms with Crippen molar-refractivity contribution in [1.29, 1.82) is 0 Å². The fourth-order valence-electron chi connectivity index (χ4n) is 2.26. The Morgan fingerprint density at radius 3 is 3.00 bits per heavy atom. The lowest BCUT2D eigenvalue weighted by atomic mass is 9.87. The highest BCUT2D eigenvalue weighted by Gasteiger charge is 2.44. The molecule has 2 atom stereocenters. The molecule has 1 nitrogen and oxygen atoms in total. The number of nitrogens with zero attached hydrogens (tertiary/aromatic N) is 1. The molecule has 2 heterocycles. The van der Waals surface area contributed by atoms with Gasteiger partial charge in [0.25, 0.3) is 0 Å². The highest BCUT2D eigenvalue weighted by molar-refractivity contribution is 8.15. The van der Waals surface area contributed by atoms with Crippen molar-refractivity contribution in [3.05, 3.63) is 30.1 Å². The van der Waals surface area contributed by atoms with Crippen LogP contribution in [0, 0.1) is 5.92 Å². The van der Waals surface area contributed by atoms with E-state index >= 15 is 0 Å². The number of hydrogen-bond donors (Lipinski definition) is 1. The summed E-state index contributed by atoms with van der Waals surface area (Å²) in [6.45, 7) is 2.25. The molecule has 16 heavy (non-hydrogen) atoms. The second-order valence-electron chi connectivity index (χ2n) is 4.15. The summed E-state index contributed by atoms with van der Waals surface area (Å²) in [5.41, 5.74) is 1.06. The molecule has 1 fully saturated rings. The summed E-state index contributed by atoms with van der Waals surface area (Å²) >= 11 is 11.8. The summed E-state index contributed by atoms with van der Waals surface area (Å²) in [6.07, 6.45) is 4.30. The average molecular weight is 269 g/mol. The average Bonchev–Trinajstić information content (AvgIpc) is 2.30. The summed E-state index contributed by atoms with van der Waals surface area (Å²) in [4.78, 5) is 4.49. The molecule has 0 N–H and O–H groups in total. The summed E-state index contributed by atoms with van der Waals surface area (Å²) < 4.78 is 0.598. The van der Waals surface area contributed by atoms with Gasteiger partial charge in [-0.2, -0.15) is 0 Å². The Labute approximate surface area is 112 Å². The van der Waals surface area contributed by atoms with Crippen LogP contribution in [0.1, 0.15) is 25.5 Å². The van der Waals surface area contributed by atoms with Crippen molar-refractivity contribution in [3.8, 4) is 0 Å². The topological polar surface area (TPSA) is 12.9 Å². The first-order chi connectivity index (χ1) is 7.68. The number of thioether (sulfide) groups is 1. The maximum atomic E-state index is 5.39. The standard InChI is InChI=1S/C12H15NS3/c1-9-5-4-8-16-12(9,11(14)15)10-6-2-3-7-13-10/h2-3,6-7,9H,4-5,8H2,1H3,(H,14,15). The van der Waals surface area contributed by atoms with Crippen molar-refractivity contribution in [2.24, 2.45) is 5.92 Å². The number of thiocarbonyl (C=S) groups is 1. The first kappa shape index (κ1) is 12.4. The van der Waals surface area contributed by atoms with Crippen LogP contribution < -0.4 is 0 Å². The normalized spacial score (nSPS) is 30.0. The molecule has 1 saturated heterocycles. The van der Waals surface area contributed by atoms with E-state index in [0.717, 1.165) is 15.6 Å². The highest BCUT2D eigenvalue weighted by Crippen LogP contribution is 2.49. The van der Waals surface area contributed by atoms with Gasteiger partial charge in [-0.25, -0.2) is 0 Å². The SMILES string of the molecule is CC1CCCSC1(C(=S)S)c1ccccn1. The molecule has 0 saturated carbocycles. The lowest BCUT2D eigenvalue weighted by Gasteiger charge is -2.40. The van der Waals surface area contributed by atoms with Crippen LogP contribution in [0.2, 0.25) is 0 Å². The second-order valence-corrected chi connectivity index (χ2v) is 6.65. The minimum atomic E-state index is -0.169. The lowest BCUT2D eigenvalue weighted by Crippen LogP contribution is -2.39. The molecule has 2 rings (SSSR count). The van der Waals surface area contributed by atoms with Gasteiger partial charge in [0, 0.05) is 6.20 Å². The zero-order valence-corrected chi connectivity index (χ0v) is 11.7. The van der Waals surface area contributed by atoms with Crippen LogP contribution >= 0.6 is 36.6 Å². The largest absolute Gasteiger partial charge is 0.259 e. The molecule has 0 aliphatic carbocycles. The molecule has 0 bridgehead atoms. The number of thiol groups is 1. The number of pyridine rings is 1. The monoisotopic (exact) mass is 269 g/mol. The van der Waals surface area contributed by atoms with Gasteiger partial charge < -0.3 is 0 Å². The van der Waals surface area contributed by atoms with E-state index in [1.165, 1.54) is 12.8 Å². The first-order valence-electron chi connectivity index (χ1n) is 5.47. The quantitative estimate of drug-likeness (QED) is 0.650. The van der Waals surface area contributed by atoms with Crippen LogP contribution in [-0.2, 0) is 4.75 Å². The zero-order chi connectivity index (χ0) is 11.6. The van der Waals surface area contributed by atoms with E-state index in [2.05, 4.69) is 30.6 Å². The maximum Gasteiger partial charge on any atom is 0.101 e. The van der Waals surface area contributed by atoms with Gasteiger partial charge in [0.15, 0.2) is 0 Å². The predicted octanol–water partition coefficient (Wildman–Crippen LogP) is 3.70. The third kappa shape index (κ3) is 2.03. The fourth-order valence-corrected chi connectivity index (χ4v) is 4.70. The number of hydrogen-bond acceptors (Lipinski definition) is 3. The summed E-state index contributed by atoms with van der Waals surface area (Å²) in [7, 11) is 0. The van der Waals surface area contributed by atoms with E-state index in [9.17, 15) is 0 Å². The van der Waals surface area contributed by atoms with Crippen molar-refractivity contribution in [2.45, 2.75) is 24.5 Å². The summed E-state index contributed by atoms with van der Waals surface area (Å²) in [5.74, 6) is 1.65. The van der Waals surface area contributed by atoms with Gasteiger partial charge in [-0.3, -0.25) is 4.98 Å². The Hall–Kier alpha value is -0.0600. The molecule has 0 radical (unpaired) electrons. The van der Waals surface area contributed by atoms with Crippen molar-refractivity contribution in [1.82, 2.24) is 4.98 Å². The van der Waals surface area contributed by atoms with Crippen LogP contribution in [0.5, 0.6) is 0 Å². The summed E-state index contributed by atoms with van der Waals surface area (Å²) in [5, 5.41) is 0. The molecular formula is C12H15NS3.